The minimum absolute atomic E-state index is 0.152. The maximum atomic E-state index is 12.1. The molecule has 1 fully saturated rings. The molecule has 0 aromatic rings. The van der Waals surface area contributed by atoms with E-state index in [1.165, 1.54) is 0 Å². The van der Waals surface area contributed by atoms with Gasteiger partial charge in [0.1, 0.15) is 0 Å². The monoisotopic (exact) mass is 259 g/mol. The van der Waals surface area contributed by atoms with Gasteiger partial charge in [-0.15, -0.1) is 0 Å². The fourth-order valence-corrected chi connectivity index (χ4v) is 2.20. The van der Waals surface area contributed by atoms with E-state index in [1.807, 2.05) is 23.6 Å². The molecule has 0 bridgehead atoms. The van der Waals surface area contributed by atoms with Crippen LogP contribution in [0, 0.1) is 0 Å². The lowest BCUT2D eigenvalue weighted by molar-refractivity contribution is 0.120. The molecule has 0 radical (unpaired) electrons. The Bertz CT molecular complexity index is 271. The highest BCUT2D eigenvalue weighted by molar-refractivity contribution is 6.29. The van der Waals surface area contributed by atoms with Gasteiger partial charge in [0.05, 0.1) is 0 Å². The van der Waals surface area contributed by atoms with Gasteiger partial charge in [-0.3, -0.25) is 4.90 Å². The van der Waals surface area contributed by atoms with Crippen LogP contribution < -0.4 is 0 Å². The lowest BCUT2D eigenvalue weighted by Crippen LogP contribution is -2.52. The van der Waals surface area contributed by atoms with Crippen molar-refractivity contribution in [1.29, 1.82) is 0 Å². The molecule has 1 rings (SSSR count). The number of urea groups is 1. The van der Waals surface area contributed by atoms with Crippen molar-refractivity contribution in [1.82, 2.24) is 14.7 Å². The molecule has 0 N–H and O–H groups in total. The Hall–Kier alpha value is -0.740. The second-order valence-electron chi connectivity index (χ2n) is 4.24. The molecule has 1 aliphatic heterocycles. The molecule has 17 heavy (non-hydrogen) atoms. The summed E-state index contributed by atoms with van der Waals surface area (Å²) in [5.74, 6) is 0. The Morgan fingerprint density at radius 3 is 2.18 bits per heavy atom. The SMILES string of the molecule is C=C(Cl)CN1CCN(C(=O)N(CC)CC)CC1. The Balaban J connectivity index is 2.40. The minimum Gasteiger partial charge on any atom is -0.325 e. The lowest BCUT2D eigenvalue weighted by atomic mass is 10.3. The van der Waals surface area contributed by atoms with Gasteiger partial charge in [-0.25, -0.2) is 4.79 Å². The maximum absolute atomic E-state index is 12.1. The van der Waals surface area contributed by atoms with Crippen molar-refractivity contribution in [2.24, 2.45) is 0 Å². The minimum atomic E-state index is 0.152. The molecule has 0 aliphatic carbocycles. The molecule has 0 aromatic heterocycles. The summed E-state index contributed by atoms with van der Waals surface area (Å²) in [7, 11) is 0. The second kappa shape index (κ2) is 6.87. The zero-order chi connectivity index (χ0) is 12.8. The van der Waals surface area contributed by atoms with E-state index in [-0.39, 0.29) is 6.03 Å². The largest absolute Gasteiger partial charge is 0.325 e. The van der Waals surface area contributed by atoms with E-state index in [2.05, 4.69) is 11.5 Å². The molecule has 1 aliphatic rings. The van der Waals surface area contributed by atoms with E-state index < -0.39 is 0 Å². The number of hydrogen-bond acceptors (Lipinski definition) is 2. The molecule has 0 unspecified atom stereocenters. The van der Waals surface area contributed by atoms with Crippen molar-refractivity contribution in [3.05, 3.63) is 11.6 Å². The van der Waals surface area contributed by atoms with Crippen LogP contribution in [0.4, 0.5) is 4.79 Å². The van der Waals surface area contributed by atoms with Gasteiger partial charge in [-0.2, -0.15) is 0 Å². The Morgan fingerprint density at radius 1 is 1.24 bits per heavy atom. The molecule has 0 spiro atoms. The van der Waals surface area contributed by atoms with Crippen molar-refractivity contribution in [2.45, 2.75) is 13.8 Å². The number of carbonyl (C=O) groups excluding carboxylic acids is 1. The highest BCUT2D eigenvalue weighted by Gasteiger charge is 2.23. The number of halogens is 1. The van der Waals surface area contributed by atoms with Crippen LogP contribution in [0.2, 0.25) is 0 Å². The molecular formula is C12H22ClN3O. The van der Waals surface area contributed by atoms with E-state index in [0.29, 0.717) is 5.03 Å². The molecule has 98 valence electrons. The van der Waals surface area contributed by atoms with E-state index in [4.69, 9.17) is 11.6 Å². The van der Waals surface area contributed by atoms with Crippen molar-refractivity contribution in [3.63, 3.8) is 0 Å². The van der Waals surface area contributed by atoms with Crippen molar-refractivity contribution >= 4 is 17.6 Å². The van der Waals surface area contributed by atoms with Gasteiger partial charge in [0.2, 0.25) is 0 Å². The summed E-state index contributed by atoms with van der Waals surface area (Å²) in [5.41, 5.74) is 0. The average Bonchev–Trinajstić information content (AvgIpc) is 2.30. The van der Waals surface area contributed by atoms with Crippen LogP contribution >= 0.6 is 11.6 Å². The van der Waals surface area contributed by atoms with Gasteiger partial charge in [0.25, 0.3) is 0 Å². The highest BCUT2D eigenvalue weighted by Crippen LogP contribution is 2.08. The van der Waals surface area contributed by atoms with E-state index in [0.717, 1.165) is 45.8 Å². The van der Waals surface area contributed by atoms with Crippen LogP contribution in [0.1, 0.15) is 13.8 Å². The first-order chi connectivity index (χ1) is 8.08. The number of carbonyl (C=O) groups is 1. The molecule has 5 heteroatoms. The predicted molar refractivity (Wildman–Crippen MR) is 71.3 cm³/mol. The third-order valence-electron chi connectivity index (χ3n) is 3.07. The van der Waals surface area contributed by atoms with Crippen LogP contribution in [0.15, 0.2) is 11.6 Å². The van der Waals surface area contributed by atoms with Gasteiger partial charge in [-0.05, 0) is 13.8 Å². The Kier molecular flexibility index (Phi) is 5.78. The van der Waals surface area contributed by atoms with Crippen molar-refractivity contribution in [3.8, 4) is 0 Å². The normalized spacial score (nSPS) is 17.0. The first kappa shape index (κ1) is 14.3. The first-order valence-corrected chi connectivity index (χ1v) is 6.55. The van der Waals surface area contributed by atoms with Crippen LogP contribution in [0.3, 0.4) is 0 Å². The predicted octanol–water partition coefficient (Wildman–Crippen LogP) is 1.82. The molecule has 4 nitrogen and oxygen atoms in total. The number of piperazine rings is 1. The van der Waals surface area contributed by atoms with Gasteiger partial charge in [-0.1, -0.05) is 18.2 Å². The average molecular weight is 260 g/mol. The zero-order valence-electron chi connectivity index (χ0n) is 10.8. The quantitative estimate of drug-likeness (QED) is 0.770. The molecule has 1 saturated heterocycles. The fraction of sp³-hybridized carbons (Fsp3) is 0.750. The molecule has 0 aromatic carbocycles. The lowest BCUT2D eigenvalue weighted by Gasteiger charge is -2.37. The third-order valence-corrected chi connectivity index (χ3v) is 3.19. The number of nitrogens with zero attached hydrogens (tertiary/aromatic N) is 3. The summed E-state index contributed by atoms with van der Waals surface area (Å²) in [5, 5.41) is 0.661. The molecule has 0 atom stereocenters. The summed E-state index contributed by atoms with van der Waals surface area (Å²) in [4.78, 5) is 18.1. The number of rotatable bonds is 4. The Labute approximate surface area is 109 Å². The van der Waals surface area contributed by atoms with E-state index in [1.54, 1.807) is 0 Å². The van der Waals surface area contributed by atoms with Gasteiger partial charge in [0, 0.05) is 50.8 Å². The van der Waals surface area contributed by atoms with Crippen LogP contribution in [0.25, 0.3) is 0 Å². The molecular weight excluding hydrogens is 238 g/mol. The summed E-state index contributed by atoms with van der Waals surface area (Å²) in [6.45, 7) is 13.3. The second-order valence-corrected chi connectivity index (χ2v) is 4.77. The van der Waals surface area contributed by atoms with Crippen LogP contribution in [-0.2, 0) is 0 Å². The van der Waals surface area contributed by atoms with E-state index >= 15 is 0 Å². The zero-order valence-corrected chi connectivity index (χ0v) is 11.5. The fourth-order valence-electron chi connectivity index (χ4n) is 2.03. The smallest absolute Gasteiger partial charge is 0.320 e. The Morgan fingerprint density at radius 2 is 1.76 bits per heavy atom. The number of amides is 2. The standard InChI is InChI=1S/C12H22ClN3O/c1-4-15(5-2)12(17)16-8-6-14(7-9-16)10-11(3)13/h3-10H2,1-2H3. The molecule has 2 amide bonds. The third kappa shape index (κ3) is 4.21. The molecule has 0 saturated carbocycles. The first-order valence-electron chi connectivity index (χ1n) is 6.18. The topological polar surface area (TPSA) is 26.8 Å². The summed E-state index contributed by atoms with van der Waals surface area (Å²) >= 11 is 5.78. The van der Waals surface area contributed by atoms with Crippen LogP contribution in [0.5, 0.6) is 0 Å². The van der Waals surface area contributed by atoms with E-state index in [9.17, 15) is 4.79 Å². The van der Waals surface area contributed by atoms with Crippen molar-refractivity contribution in [2.75, 3.05) is 45.8 Å². The number of hydrogen-bond donors (Lipinski definition) is 0. The van der Waals surface area contributed by atoms with Gasteiger partial charge >= 0.3 is 6.03 Å². The van der Waals surface area contributed by atoms with Gasteiger partial charge in [0.15, 0.2) is 0 Å². The van der Waals surface area contributed by atoms with Gasteiger partial charge < -0.3 is 9.80 Å². The molecule has 1 heterocycles. The summed E-state index contributed by atoms with van der Waals surface area (Å²) in [6, 6.07) is 0.152. The maximum Gasteiger partial charge on any atom is 0.320 e. The summed E-state index contributed by atoms with van der Waals surface area (Å²) in [6.07, 6.45) is 0. The summed E-state index contributed by atoms with van der Waals surface area (Å²) < 4.78 is 0. The van der Waals surface area contributed by atoms with Crippen molar-refractivity contribution < 1.29 is 4.79 Å². The van der Waals surface area contributed by atoms with Crippen LogP contribution in [-0.4, -0.2) is 66.5 Å². The highest BCUT2D eigenvalue weighted by atomic mass is 35.5.